The maximum Gasteiger partial charge on any atom is 0.416 e. The normalized spacial score (nSPS) is 15.3. The molecule has 0 atom stereocenters. The average molecular weight is 469 g/mol. The van der Waals surface area contributed by atoms with Gasteiger partial charge in [-0.25, -0.2) is 9.78 Å². The van der Waals surface area contributed by atoms with Crippen LogP contribution in [0, 0.1) is 0 Å². The van der Waals surface area contributed by atoms with Crippen molar-refractivity contribution < 1.29 is 27.1 Å². The summed E-state index contributed by atoms with van der Waals surface area (Å²) in [6, 6.07) is 3.22. The Hall–Kier alpha value is -3.02. The molecule has 12 heteroatoms. The molecule has 1 aliphatic heterocycles. The highest BCUT2D eigenvalue weighted by Crippen LogP contribution is 2.34. The molecule has 2 aromatic heterocycles. The van der Waals surface area contributed by atoms with Crippen molar-refractivity contribution in [3.63, 3.8) is 0 Å². The number of hydrogen-bond donors (Lipinski definition) is 1. The lowest BCUT2D eigenvalue weighted by atomic mass is 10.2. The molecule has 1 amide bonds. The van der Waals surface area contributed by atoms with Gasteiger partial charge in [0.15, 0.2) is 10.7 Å². The van der Waals surface area contributed by atoms with Crippen molar-refractivity contribution in [1.82, 2.24) is 14.9 Å². The van der Waals surface area contributed by atoms with E-state index in [1.54, 1.807) is 11.1 Å². The highest BCUT2D eigenvalue weighted by atomic mass is 32.1. The molecule has 8 nitrogen and oxygen atoms in total. The molecule has 32 heavy (non-hydrogen) atoms. The Labute approximate surface area is 186 Å². The van der Waals surface area contributed by atoms with Gasteiger partial charge in [0.2, 0.25) is 0 Å². The van der Waals surface area contributed by atoms with Crippen LogP contribution < -0.4 is 10.2 Å². The van der Waals surface area contributed by atoms with E-state index in [9.17, 15) is 18.0 Å². The number of thiazole rings is 1. The zero-order valence-corrected chi connectivity index (χ0v) is 18.5. The van der Waals surface area contributed by atoms with Gasteiger partial charge in [0, 0.05) is 26.2 Å². The van der Waals surface area contributed by atoms with E-state index in [2.05, 4.69) is 20.2 Å². The standard InChI is InChI=1S/C20H22F3N5O3S/c1-19(2,3)31-18(29)28-8-6-27(7-9-28)15-11-24-17(32-15)26-16-25-13-5-4-12(20(21,22)23)10-14(13)30-16/h4-5,10-11H,6-9H2,1-3H3,(H,24,25,26). The number of rotatable bonds is 3. The van der Waals surface area contributed by atoms with E-state index in [4.69, 9.17) is 9.15 Å². The summed E-state index contributed by atoms with van der Waals surface area (Å²) in [6.45, 7) is 7.82. The topological polar surface area (TPSA) is 83.7 Å². The molecule has 1 aromatic carbocycles. The number of nitrogens with one attached hydrogen (secondary N) is 1. The number of aromatic nitrogens is 2. The van der Waals surface area contributed by atoms with Gasteiger partial charge >= 0.3 is 18.3 Å². The number of piperazine rings is 1. The van der Waals surface area contributed by atoms with Crippen LogP contribution in [0.1, 0.15) is 26.3 Å². The molecule has 1 fully saturated rings. The maximum atomic E-state index is 12.9. The first-order valence-corrected chi connectivity index (χ1v) is 10.7. The first-order valence-electron chi connectivity index (χ1n) is 9.91. The van der Waals surface area contributed by atoms with Gasteiger partial charge in [-0.1, -0.05) is 11.3 Å². The fourth-order valence-electron chi connectivity index (χ4n) is 3.15. The average Bonchev–Trinajstić information content (AvgIpc) is 3.32. The van der Waals surface area contributed by atoms with Crippen LogP contribution >= 0.6 is 11.3 Å². The summed E-state index contributed by atoms with van der Waals surface area (Å²) < 4.78 is 49.4. The summed E-state index contributed by atoms with van der Waals surface area (Å²) in [7, 11) is 0. The van der Waals surface area contributed by atoms with Gasteiger partial charge in [0.05, 0.1) is 11.8 Å². The number of carbonyl (C=O) groups is 1. The van der Waals surface area contributed by atoms with Crippen molar-refractivity contribution in [2.75, 3.05) is 36.4 Å². The van der Waals surface area contributed by atoms with Crippen LogP contribution in [-0.4, -0.2) is 52.7 Å². The molecule has 3 heterocycles. The zero-order valence-electron chi connectivity index (χ0n) is 17.7. The number of anilines is 3. The number of alkyl halides is 3. The predicted octanol–water partition coefficient (Wildman–Crippen LogP) is 5.10. The number of amides is 1. The number of hydrogen-bond acceptors (Lipinski definition) is 8. The Morgan fingerprint density at radius 1 is 1.19 bits per heavy atom. The molecule has 1 saturated heterocycles. The lowest BCUT2D eigenvalue weighted by Gasteiger charge is -2.35. The Kier molecular flexibility index (Phi) is 5.65. The first kappa shape index (κ1) is 22.2. The number of halogens is 3. The van der Waals surface area contributed by atoms with Gasteiger partial charge in [-0.15, -0.1) is 0 Å². The lowest BCUT2D eigenvalue weighted by Crippen LogP contribution is -2.49. The monoisotopic (exact) mass is 469 g/mol. The summed E-state index contributed by atoms with van der Waals surface area (Å²) in [5.74, 6) is 0. The van der Waals surface area contributed by atoms with E-state index < -0.39 is 17.3 Å². The molecule has 0 radical (unpaired) electrons. The fraction of sp³-hybridized carbons (Fsp3) is 0.450. The Balaban J connectivity index is 1.38. The van der Waals surface area contributed by atoms with E-state index in [1.807, 2.05) is 20.8 Å². The quantitative estimate of drug-likeness (QED) is 0.571. The van der Waals surface area contributed by atoms with Crippen molar-refractivity contribution >= 4 is 44.7 Å². The third kappa shape index (κ3) is 5.06. The van der Waals surface area contributed by atoms with Crippen LogP contribution in [-0.2, 0) is 10.9 Å². The number of carbonyl (C=O) groups excluding carboxylic acids is 1. The van der Waals surface area contributed by atoms with Crippen LogP contribution in [0.5, 0.6) is 0 Å². The smallest absolute Gasteiger partial charge is 0.416 e. The number of ether oxygens (including phenoxy) is 1. The van der Waals surface area contributed by atoms with Gasteiger partial charge in [-0.05, 0) is 39.0 Å². The number of nitrogens with zero attached hydrogens (tertiary/aromatic N) is 4. The van der Waals surface area contributed by atoms with Crippen molar-refractivity contribution in [3.8, 4) is 0 Å². The minimum Gasteiger partial charge on any atom is -0.444 e. The molecule has 4 rings (SSSR count). The molecular weight excluding hydrogens is 447 g/mol. The molecular formula is C20H22F3N5O3S. The SMILES string of the molecule is CC(C)(C)OC(=O)N1CCN(c2cnc(Nc3nc4ccc(C(F)(F)F)cc4o3)s2)CC1. The van der Waals surface area contributed by atoms with Gasteiger partial charge in [0.1, 0.15) is 16.1 Å². The summed E-state index contributed by atoms with van der Waals surface area (Å²) in [6.07, 6.45) is -3.08. The van der Waals surface area contributed by atoms with Crippen LogP contribution in [0.4, 0.5) is 34.1 Å². The number of fused-ring (bicyclic) bond motifs is 1. The van der Waals surface area contributed by atoms with Crippen LogP contribution in [0.3, 0.4) is 0 Å². The van der Waals surface area contributed by atoms with Gasteiger partial charge < -0.3 is 19.0 Å². The Morgan fingerprint density at radius 2 is 1.91 bits per heavy atom. The minimum atomic E-state index is -4.45. The van der Waals surface area contributed by atoms with Crippen LogP contribution in [0.2, 0.25) is 0 Å². The summed E-state index contributed by atoms with van der Waals surface area (Å²) in [5.41, 5.74) is -0.978. The highest BCUT2D eigenvalue weighted by Gasteiger charge is 2.31. The summed E-state index contributed by atoms with van der Waals surface area (Å²) in [4.78, 5) is 24.4. The van der Waals surface area contributed by atoms with Gasteiger partial charge in [-0.2, -0.15) is 18.2 Å². The summed E-state index contributed by atoms with van der Waals surface area (Å²) >= 11 is 1.36. The first-order chi connectivity index (χ1) is 15.0. The maximum absolute atomic E-state index is 12.9. The molecule has 0 aliphatic carbocycles. The Bertz CT molecular complexity index is 1110. The van der Waals surface area contributed by atoms with Crippen LogP contribution in [0.15, 0.2) is 28.8 Å². The van der Waals surface area contributed by atoms with Crippen molar-refractivity contribution in [1.29, 1.82) is 0 Å². The van der Waals surface area contributed by atoms with Crippen molar-refractivity contribution in [3.05, 3.63) is 30.0 Å². The molecule has 1 N–H and O–H groups in total. The second kappa shape index (κ2) is 8.15. The summed E-state index contributed by atoms with van der Waals surface area (Å²) in [5, 5.41) is 4.29. The van der Waals surface area contributed by atoms with E-state index in [1.165, 1.54) is 17.4 Å². The third-order valence-corrected chi connectivity index (χ3v) is 5.64. The highest BCUT2D eigenvalue weighted by molar-refractivity contribution is 7.19. The van der Waals surface area contributed by atoms with Gasteiger partial charge in [0.25, 0.3) is 0 Å². The molecule has 3 aromatic rings. The fourth-order valence-corrected chi connectivity index (χ4v) is 4.01. The third-order valence-electron chi connectivity index (χ3n) is 4.67. The zero-order chi connectivity index (χ0) is 23.1. The molecule has 172 valence electrons. The second-order valence-corrected chi connectivity index (χ2v) is 9.29. The predicted molar refractivity (Wildman–Crippen MR) is 114 cm³/mol. The van der Waals surface area contributed by atoms with E-state index in [-0.39, 0.29) is 17.7 Å². The van der Waals surface area contributed by atoms with Crippen molar-refractivity contribution in [2.24, 2.45) is 0 Å². The molecule has 0 bridgehead atoms. The van der Waals surface area contributed by atoms with E-state index in [0.29, 0.717) is 36.8 Å². The van der Waals surface area contributed by atoms with Gasteiger partial charge in [-0.3, -0.25) is 5.32 Å². The molecule has 0 unspecified atom stereocenters. The number of benzene rings is 1. The minimum absolute atomic E-state index is 0.0392. The molecule has 1 aliphatic rings. The molecule has 0 saturated carbocycles. The lowest BCUT2D eigenvalue weighted by molar-refractivity contribution is -0.137. The largest absolute Gasteiger partial charge is 0.444 e. The number of oxazole rings is 1. The van der Waals surface area contributed by atoms with E-state index in [0.717, 1.165) is 17.1 Å². The molecule has 0 spiro atoms. The van der Waals surface area contributed by atoms with Crippen LogP contribution in [0.25, 0.3) is 11.1 Å². The van der Waals surface area contributed by atoms with E-state index >= 15 is 0 Å². The second-order valence-electron chi connectivity index (χ2n) is 8.28. The Morgan fingerprint density at radius 3 is 2.56 bits per heavy atom. The van der Waals surface area contributed by atoms with Crippen molar-refractivity contribution in [2.45, 2.75) is 32.5 Å².